The van der Waals surface area contributed by atoms with Crippen molar-refractivity contribution in [2.75, 3.05) is 13.7 Å². The van der Waals surface area contributed by atoms with Gasteiger partial charge in [-0.25, -0.2) is 4.98 Å². The Morgan fingerprint density at radius 1 is 1.29 bits per heavy atom. The van der Waals surface area contributed by atoms with Gasteiger partial charge in [0, 0.05) is 18.2 Å². The number of methoxy groups -OCH3 is 1. The lowest BCUT2D eigenvalue weighted by Crippen LogP contribution is -2.26. The molecule has 0 atom stereocenters. The molecule has 0 amide bonds. The predicted octanol–water partition coefficient (Wildman–Crippen LogP) is 3.05. The van der Waals surface area contributed by atoms with Crippen molar-refractivity contribution in [3.05, 3.63) is 45.2 Å². The molecule has 3 heterocycles. The third-order valence-corrected chi connectivity index (χ3v) is 5.67. The number of hydrogen-bond acceptors (Lipinski definition) is 5. The molecule has 0 spiro atoms. The van der Waals surface area contributed by atoms with E-state index in [-0.39, 0.29) is 5.56 Å². The van der Waals surface area contributed by atoms with Crippen molar-refractivity contribution in [3.8, 4) is 11.5 Å². The number of rotatable bonds is 4. The van der Waals surface area contributed by atoms with Gasteiger partial charge >= 0.3 is 0 Å². The Morgan fingerprint density at radius 2 is 2.17 bits per heavy atom. The predicted molar refractivity (Wildman–Crippen MR) is 95.6 cm³/mol. The van der Waals surface area contributed by atoms with Crippen molar-refractivity contribution in [3.63, 3.8) is 0 Å². The molecular weight excluding hydrogens is 322 g/mol. The van der Waals surface area contributed by atoms with Crippen LogP contribution in [0.15, 0.2) is 29.2 Å². The molecule has 124 valence electrons. The van der Waals surface area contributed by atoms with Crippen molar-refractivity contribution in [1.29, 1.82) is 0 Å². The number of ether oxygens (including phenoxy) is 1. The van der Waals surface area contributed by atoms with Crippen molar-refractivity contribution >= 4 is 21.6 Å². The molecule has 0 N–H and O–H groups in total. The second kappa shape index (κ2) is 6.45. The molecule has 0 aliphatic heterocycles. The smallest absolute Gasteiger partial charge is 0.262 e. The molecule has 1 aliphatic carbocycles. The van der Waals surface area contributed by atoms with Crippen LogP contribution in [0.4, 0.5) is 0 Å². The Kier molecular flexibility index (Phi) is 4.16. The van der Waals surface area contributed by atoms with Crippen LogP contribution in [0.3, 0.4) is 0 Å². The van der Waals surface area contributed by atoms with Gasteiger partial charge in [-0.1, -0.05) is 6.07 Å². The molecule has 3 aromatic heterocycles. The number of aromatic nitrogens is 3. The molecule has 0 radical (unpaired) electrons. The topological polar surface area (TPSA) is 57.0 Å². The first-order valence-electron chi connectivity index (χ1n) is 8.25. The summed E-state index contributed by atoms with van der Waals surface area (Å²) >= 11 is 1.67. The van der Waals surface area contributed by atoms with E-state index in [9.17, 15) is 4.79 Å². The highest BCUT2D eigenvalue weighted by molar-refractivity contribution is 7.18. The van der Waals surface area contributed by atoms with Crippen LogP contribution in [0.1, 0.15) is 23.3 Å². The van der Waals surface area contributed by atoms with Crippen molar-refractivity contribution in [1.82, 2.24) is 14.5 Å². The van der Waals surface area contributed by atoms with Gasteiger partial charge in [-0.2, -0.15) is 0 Å². The van der Waals surface area contributed by atoms with E-state index < -0.39 is 0 Å². The minimum absolute atomic E-state index is 0.0390. The first-order valence-corrected chi connectivity index (χ1v) is 9.06. The summed E-state index contributed by atoms with van der Waals surface area (Å²) < 4.78 is 6.91. The molecule has 3 aromatic rings. The van der Waals surface area contributed by atoms with Gasteiger partial charge in [-0.05, 0) is 43.4 Å². The van der Waals surface area contributed by atoms with Crippen LogP contribution < -0.4 is 5.56 Å². The Labute approximate surface area is 144 Å². The van der Waals surface area contributed by atoms with Crippen LogP contribution in [-0.4, -0.2) is 28.3 Å². The fourth-order valence-electron chi connectivity index (χ4n) is 3.32. The molecule has 5 nitrogen and oxygen atoms in total. The third-order valence-electron chi connectivity index (χ3n) is 4.49. The van der Waals surface area contributed by atoms with Gasteiger partial charge < -0.3 is 4.74 Å². The summed E-state index contributed by atoms with van der Waals surface area (Å²) in [6.45, 7) is 0.952. The van der Waals surface area contributed by atoms with Crippen LogP contribution in [-0.2, 0) is 24.1 Å². The molecule has 0 saturated carbocycles. The second-order valence-corrected chi connectivity index (χ2v) is 7.07. The lowest BCUT2D eigenvalue weighted by atomic mass is 9.97. The number of fused-ring (bicyclic) bond motifs is 3. The molecule has 0 unspecified atom stereocenters. The van der Waals surface area contributed by atoms with E-state index in [2.05, 4.69) is 4.98 Å². The Bertz CT molecular complexity index is 931. The normalized spacial score (nSPS) is 14.0. The Hall–Kier alpha value is -2.05. The van der Waals surface area contributed by atoms with E-state index in [0.717, 1.165) is 35.2 Å². The maximum atomic E-state index is 13.2. The molecule has 6 heteroatoms. The van der Waals surface area contributed by atoms with Crippen molar-refractivity contribution in [2.45, 2.75) is 32.2 Å². The fraction of sp³-hybridized carbons (Fsp3) is 0.389. The summed E-state index contributed by atoms with van der Waals surface area (Å²) in [5, 5.41) is 0.811. The van der Waals surface area contributed by atoms with E-state index >= 15 is 0 Å². The van der Waals surface area contributed by atoms with Crippen LogP contribution in [0.2, 0.25) is 0 Å². The van der Waals surface area contributed by atoms with E-state index in [1.807, 2.05) is 18.2 Å². The minimum Gasteiger partial charge on any atom is -0.383 e. The summed E-state index contributed by atoms with van der Waals surface area (Å²) in [4.78, 5) is 24.6. The highest BCUT2D eigenvalue weighted by Crippen LogP contribution is 2.34. The summed E-state index contributed by atoms with van der Waals surface area (Å²) in [5.74, 6) is 0.628. The number of nitrogens with zero attached hydrogens (tertiary/aromatic N) is 3. The zero-order valence-corrected chi connectivity index (χ0v) is 14.4. The third kappa shape index (κ3) is 2.56. The summed E-state index contributed by atoms with van der Waals surface area (Å²) in [5.41, 5.74) is 1.98. The summed E-state index contributed by atoms with van der Waals surface area (Å²) in [6.07, 6.45) is 6.13. The average Bonchev–Trinajstić information content (AvgIpc) is 3.00. The maximum Gasteiger partial charge on any atom is 0.262 e. The molecule has 0 saturated heterocycles. The Morgan fingerprint density at radius 3 is 2.96 bits per heavy atom. The monoisotopic (exact) mass is 341 g/mol. The number of thiophene rings is 1. The second-order valence-electron chi connectivity index (χ2n) is 5.99. The van der Waals surface area contributed by atoms with E-state index in [0.29, 0.717) is 19.0 Å². The van der Waals surface area contributed by atoms with Crippen LogP contribution >= 0.6 is 11.3 Å². The average molecular weight is 341 g/mol. The van der Waals surface area contributed by atoms with Gasteiger partial charge in [-0.15, -0.1) is 11.3 Å². The molecule has 4 rings (SSSR count). The standard InChI is InChI=1S/C18H19N3O2S/c1-23-11-10-21-16(13-7-4-5-9-19-13)20-17-15(18(21)22)12-6-2-3-8-14(12)24-17/h4-5,7,9H,2-3,6,8,10-11H2,1H3. The van der Waals surface area contributed by atoms with E-state index in [1.165, 1.54) is 16.9 Å². The summed E-state index contributed by atoms with van der Waals surface area (Å²) in [6, 6.07) is 5.67. The lowest BCUT2D eigenvalue weighted by molar-refractivity contribution is 0.186. The number of hydrogen-bond donors (Lipinski definition) is 0. The number of pyridine rings is 1. The fourth-order valence-corrected chi connectivity index (χ4v) is 4.57. The highest BCUT2D eigenvalue weighted by atomic mass is 32.1. The molecule has 0 bridgehead atoms. The van der Waals surface area contributed by atoms with E-state index in [1.54, 1.807) is 29.2 Å². The number of aryl methyl sites for hydroxylation is 2. The zero-order chi connectivity index (χ0) is 16.5. The molecular formula is C18H19N3O2S. The summed E-state index contributed by atoms with van der Waals surface area (Å²) in [7, 11) is 1.64. The lowest BCUT2D eigenvalue weighted by Gasteiger charge is -2.13. The van der Waals surface area contributed by atoms with Gasteiger partial charge in [0.1, 0.15) is 10.5 Å². The molecule has 0 aromatic carbocycles. The van der Waals surface area contributed by atoms with Gasteiger partial charge in [0.15, 0.2) is 5.82 Å². The quantitative estimate of drug-likeness (QED) is 0.732. The SMILES string of the molecule is COCCn1c(-c2ccccn2)nc2sc3c(c2c1=O)CCCC3. The first-order chi connectivity index (χ1) is 11.8. The van der Waals surface area contributed by atoms with Crippen LogP contribution in [0.5, 0.6) is 0 Å². The van der Waals surface area contributed by atoms with Gasteiger partial charge in [0.25, 0.3) is 5.56 Å². The van der Waals surface area contributed by atoms with Gasteiger partial charge in [0.2, 0.25) is 0 Å². The van der Waals surface area contributed by atoms with Crippen LogP contribution in [0.25, 0.3) is 21.7 Å². The maximum absolute atomic E-state index is 13.2. The molecule has 0 fully saturated rings. The first kappa shape index (κ1) is 15.5. The van der Waals surface area contributed by atoms with Crippen molar-refractivity contribution < 1.29 is 4.74 Å². The van der Waals surface area contributed by atoms with Gasteiger partial charge in [-0.3, -0.25) is 14.3 Å². The largest absolute Gasteiger partial charge is 0.383 e. The molecule has 1 aliphatic rings. The van der Waals surface area contributed by atoms with Crippen LogP contribution in [0, 0.1) is 0 Å². The van der Waals surface area contributed by atoms with Crippen molar-refractivity contribution in [2.24, 2.45) is 0 Å². The zero-order valence-electron chi connectivity index (χ0n) is 13.6. The minimum atomic E-state index is 0.0390. The molecule has 24 heavy (non-hydrogen) atoms. The van der Waals surface area contributed by atoms with Gasteiger partial charge in [0.05, 0.1) is 18.5 Å². The van der Waals surface area contributed by atoms with E-state index in [4.69, 9.17) is 9.72 Å². The Balaban J connectivity index is 1.99. The highest BCUT2D eigenvalue weighted by Gasteiger charge is 2.22.